The maximum absolute atomic E-state index is 11.3. The van der Waals surface area contributed by atoms with Gasteiger partial charge >= 0.3 is 7.82 Å². The minimum absolute atomic E-state index is 0.115. The molecular weight excluding hydrogens is 368 g/mol. The van der Waals surface area contributed by atoms with Crippen molar-refractivity contribution >= 4 is 77.4 Å². The van der Waals surface area contributed by atoms with Crippen LogP contribution >= 0.6 is 77.4 Å². The minimum atomic E-state index is -4.52. The van der Waals surface area contributed by atoms with Gasteiger partial charge in [-0.05, 0) is 6.92 Å². The third-order valence-electron chi connectivity index (χ3n) is 1.21. The van der Waals surface area contributed by atoms with Gasteiger partial charge in [0.1, 0.15) is 0 Å². The molecule has 0 rings (SSSR count). The lowest BCUT2D eigenvalue weighted by atomic mass is 10.4. The molecule has 0 radical (unpaired) electrons. The predicted molar refractivity (Wildman–Crippen MR) is 66.9 cm³/mol. The summed E-state index contributed by atoms with van der Waals surface area (Å²) >= 11 is 32.9. The first-order chi connectivity index (χ1) is 6.96. The Hall–Kier alpha value is 1.85. The number of rotatable bonds is 5. The zero-order valence-electron chi connectivity index (χ0n) is 7.67. The van der Waals surface area contributed by atoms with E-state index in [0.717, 1.165) is 0 Å². The fraction of sp³-hybridized carbons (Fsp3) is 1.00. The highest BCUT2D eigenvalue weighted by Crippen LogP contribution is 2.58. The number of alkyl halides is 6. The van der Waals surface area contributed by atoms with Crippen LogP contribution in [0.5, 0.6) is 0 Å². The van der Waals surface area contributed by atoms with Gasteiger partial charge in [-0.25, -0.2) is 4.57 Å². The molecule has 11 heteroatoms. The fourth-order valence-electron chi connectivity index (χ4n) is 0.573. The molecule has 0 bridgehead atoms. The van der Waals surface area contributed by atoms with Crippen LogP contribution in [0.2, 0.25) is 0 Å². The highest BCUT2D eigenvalue weighted by molar-refractivity contribution is 7.47. The maximum atomic E-state index is 11.3. The third-order valence-corrected chi connectivity index (χ3v) is 4.97. The molecule has 0 aliphatic carbocycles. The van der Waals surface area contributed by atoms with E-state index in [0.29, 0.717) is 0 Å². The molecule has 0 aromatic heterocycles. The molecule has 0 aromatic rings. The monoisotopic (exact) mass is 372 g/mol. The van der Waals surface area contributed by atoms with Crippen molar-refractivity contribution in [3.8, 4) is 0 Å². The van der Waals surface area contributed by atoms with Gasteiger partial charge in [-0.15, -0.1) is 23.2 Å². The van der Waals surface area contributed by atoms with Crippen molar-refractivity contribution in [3.63, 3.8) is 0 Å². The second-order valence-corrected chi connectivity index (χ2v) is 7.74. The first kappa shape index (κ1) is 17.8. The molecule has 16 heavy (non-hydrogen) atoms. The number of hydrogen-bond acceptors (Lipinski definition) is 3. The van der Waals surface area contributed by atoms with E-state index < -0.39 is 21.5 Å². The van der Waals surface area contributed by atoms with Gasteiger partial charge in [0.25, 0.3) is 0 Å². The van der Waals surface area contributed by atoms with E-state index in [1.54, 1.807) is 0 Å². The summed E-state index contributed by atoms with van der Waals surface area (Å²) in [6.07, 6.45) is 0. The average molecular weight is 375 g/mol. The molecule has 98 valence electrons. The highest BCUT2D eigenvalue weighted by atomic mass is 35.6. The third kappa shape index (κ3) is 4.85. The van der Waals surface area contributed by atoms with Crippen LogP contribution in [0, 0.1) is 0 Å². The molecule has 2 atom stereocenters. The van der Waals surface area contributed by atoms with Gasteiger partial charge in [0.05, 0.1) is 6.61 Å². The molecule has 0 spiro atoms. The van der Waals surface area contributed by atoms with Gasteiger partial charge in [-0.1, -0.05) is 46.4 Å². The Balaban J connectivity index is 5.05. The lowest BCUT2D eigenvalue weighted by molar-refractivity contribution is 0.0913. The average Bonchev–Trinajstić information content (AvgIpc) is 1.99. The first-order valence-electron chi connectivity index (χ1n) is 3.68. The molecule has 2 unspecified atom stereocenters. The highest BCUT2D eigenvalue weighted by Gasteiger charge is 2.57. The van der Waals surface area contributed by atoms with Crippen molar-refractivity contribution in [2.45, 2.75) is 20.6 Å². The predicted octanol–water partition coefficient (Wildman–Crippen LogP) is 4.25. The van der Waals surface area contributed by atoms with E-state index in [-0.39, 0.29) is 6.61 Å². The zero-order chi connectivity index (χ0) is 13.2. The van der Waals surface area contributed by atoms with Crippen LogP contribution in [0.4, 0.5) is 0 Å². The van der Waals surface area contributed by atoms with Crippen LogP contribution in [0.25, 0.3) is 0 Å². The van der Waals surface area contributed by atoms with Gasteiger partial charge in [-0.2, -0.15) is 0 Å². The van der Waals surface area contributed by atoms with Crippen molar-refractivity contribution in [3.05, 3.63) is 0 Å². The Bertz CT molecular complexity index is 281. The van der Waals surface area contributed by atoms with Crippen molar-refractivity contribution in [1.82, 2.24) is 0 Å². The zero-order valence-corrected chi connectivity index (χ0v) is 13.1. The second kappa shape index (κ2) is 6.33. The van der Waals surface area contributed by atoms with Crippen LogP contribution in [-0.2, 0) is 13.6 Å². The van der Waals surface area contributed by atoms with Crippen LogP contribution in [0.1, 0.15) is 6.92 Å². The Kier molecular flexibility index (Phi) is 7.07. The summed E-state index contributed by atoms with van der Waals surface area (Å²) in [6, 6.07) is 0. The van der Waals surface area contributed by atoms with Gasteiger partial charge in [0.2, 0.25) is 8.85 Å². The Morgan fingerprint density at radius 3 is 2.00 bits per heavy atom. The van der Waals surface area contributed by atoms with E-state index >= 15 is 0 Å². The summed E-state index contributed by atoms with van der Waals surface area (Å²) in [5.41, 5.74) is 0. The normalized spacial score (nSPS) is 20.6. The topological polar surface area (TPSA) is 55.8 Å². The van der Waals surface area contributed by atoms with Gasteiger partial charge in [-0.3, -0.25) is 9.05 Å². The molecule has 0 aliphatic heterocycles. The maximum Gasteiger partial charge on any atom is 0.474 e. The first-order valence-corrected chi connectivity index (χ1v) is 7.56. The smallest absolute Gasteiger partial charge is 0.302 e. The lowest BCUT2D eigenvalue weighted by Crippen LogP contribution is -2.45. The molecule has 1 N–H and O–H groups in total. The molecule has 0 amide bonds. The summed E-state index contributed by atoms with van der Waals surface area (Å²) in [5.74, 6) is 0. The molecular formula is C5H7Cl6O4P. The van der Waals surface area contributed by atoms with Crippen molar-refractivity contribution in [2.24, 2.45) is 0 Å². The molecule has 4 nitrogen and oxygen atoms in total. The second-order valence-electron chi connectivity index (χ2n) is 2.42. The van der Waals surface area contributed by atoms with E-state index in [4.69, 9.17) is 69.6 Å². The van der Waals surface area contributed by atoms with E-state index in [1.165, 1.54) is 6.92 Å². The van der Waals surface area contributed by atoms with E-state index in [2.05, 4.69) is 9.05 Å². The van der Waals surface area contributed by atoms with Crippen molar-refractivity contribution in [2.75, 3.05) is 6.61 Å². The molecule has 0 fully saturated rings. The SMILES string of the molecule is CCOP(=O)(O)OC(Cl)(C(Cl)Cl)C(Cl)(Cl)Cl. The number of phosphoric ester groups is 1. The quantitative estimate of drug-likeness (QED) is 0.577. The Morgan fingerprint density at radius 2 is 1.75 bits per heavy atom. The van der Waals surface area contributed by atoms with Gasteiger partial charge < -0.3 is 4.89 Å². The Morgan fingerprint density at radius 1 is 1.31 bits per heavy atom. The van der Waals surface area contributed by atoms with Crippen molar-refractivity contribution in [1.29, 1.82) is 0 Å². The van der Waals surface area contributed by atoms with Crippen LogP contribution in [0.3, 0.4) is 0 Å². The molecule has 0 aliphatic rings. The van der Waals surface area contributed by atoms with Crippen LogP contribution < -0.4 is 0 Å². The Labute approximate surface area is 123 Å². The van der Waals surface area contributed by atoms with Crippen LogP contribution in [-0.4, -0.2) is 25.2 Å². The minimum Gasteiger partial charge on any atom is -0.302 e. The summed E-state index contributed by atoms with van der Waals surface area (Å²) in [4.78, 5) is 7.61. The summed E-state index contributed by atoms with van der Waals surface area (Å²) in [6.45, 7) is 1.34. The van der Waals surface area contributed by atoms with E-state index in [1.807, 2.05) is 0 Å². The summed E-state index contributed by atoms with van der Waals surface area (Å²) in [7, 11) is -4.52. The van der Waals surface area contributed by atoms with E-state index in [9.17, 15) is 9.46 Å². The summed E-state index contributed by atoms with van der Waals surface area (Å²) < 4.78 is 17.8. The number of halogens is 6. The molecule has 0 saturated carbocycles. The fourth-order valence-corrected chi connectivity index (χ4v) is 3.27. The molecule has 0 heterocycles. The van der Waals surface area contributed by atoms with Crippen molar-refractivity contribution < 1.29 is 18.5 Å². The van der Waals surface area contributed by atoms with Gasteiger partial charge in [0, 0.05) is 0 Å². The summed E-state index contributed by atoms with van der Waals surface area (Å²) in [5, 5.41) is -2.42. The lowest BCUT2D eigenvalue weighted by Gasteiger charge is -2.34. The number of hydrogen-bond donors (Lipinski definition) is 1. The largest absolute Gasteiger partial charge is 0.474 e. The molecule has 0 saturated heterocycles. The number of phosphoric acid groups is 1. The van der Waals surface area contributed by atoms with Crippen LogP contribution in [0.15, 0.2) is 0 Å². The standard InChI is InChI=1S/C5H7Cl6O4P/c1-2-14-16(12,13)15-4(8,3(6)7)5(9,10)11/h3H,2H2,1H3,(H,12,13). The molecule has 0 aromatic carbocycles. The van der Waals surface area contributed by atoms with Gasteiger partial charge in [0.15, 0.2) is 4.84 Å².